The fourth-order valence-corrected chi connectivity index (χ4v) is 1.43. The SMILES string of the molecule is Cc1nc(CCNC(=O)CCCC(C)N)no1. The molecule has 0 saturated heterocycles. The van der Waals surface area contributed by atoms with Crippen LogP contribution in [0.3, 0.4) is 0 Å². The van der Waals surface area contributed by atoms with E-state index in [1.807, 2.05) is 6.92 Å². The quantitative estimate of drug-likeness (QED) is 0.726. The Kier molecular flexibility index (Phi) is 5.62. The number of rotatable bonds is 7. The molecule has 0 aromatic carbocycles. The van der Waals surface area contributed by atoms with Crippen LogP contribution in [0, 0.1) is 6.92 Å². The molecule has 1 aromatic rings. The van der Waals surface area contributed by atoms with E-state index in [2.05, 4.69) is 15.5 Å². The van der Waals surface area contributed by atoms with Crippen molar-refractivity contribution in [2.45, 2.75) is 45.6 Å². The first-order valence-electron chi connectivity index (χ1n) is 5.89. The largest absolute Gasteiger partial charge is 0.356 e. The first-order chi connectivity index (χ1) is 8.08. The van der Waals surface area contributed by atoms with E-state index in [1.165, 1.54) is 0 Å². The second-order valence-corrected chi connectivity index (χ2v) is 4.20. The van der Waals surface area contributed by atoms with Crippen LogP contribution in [-0.2, 0) is 11.2 Å². The molecule has 0 saturated carbocycles. The second kappa shape index (κ2) is 7.01. The Morgan fingerprint density at radius 1 is 1.59 bits per heavy atom. The molecular formula is C11H20N4O2. The van der Waals surface area contributed by atoms with Crippen LogP contribution in [0.5, 0.6) is 0 Å². The summed E-state index contributed by atoms with van der Waals surface area (Å²) >= 11 is 0. The van der Waals surface area contributed by atoms with E-state index >= 15 is 0 Å². The lowest BCUT2D eigenvalue weighted by Crippen LogP contribution is -2.26. The van der Waals surface area contributed by atoms with Crippen molar-refractivity contribution in [3.8, 4) is 0 Å². The van der Waals surface area contributed by atoms with Crippen LogP contribution in [0.4, 0.5) is 0 Å². The van der Waals surface area contributed by atoms with Gasteiger partial charge in [0.05, 0.1) is 0 Å². The summed E-state index contributed by atoms with van der Waals surface area (Å²) in [7, 11) is 0. The molecule has 6 nitrogen and oxygen atoms in total. The molecule has 1 heterocycles. The number of hydrogen-bond acceptors (Lipinski definition) is 5. The van der Waals surface area contributed by atoms with Crippen LogP contribution >= 0.6 is 0 Å². The fraction of sp³-hybridized carbons (Fsp3) is 0.727. The lowest BCUT2D eigenvalue weighted by atomic mass is 10.1. The lowest BCUT2D eigenvalue weighted by molar-refractivity contribution is -0.121. The zero-order valence-electron chi connectivity index (χ0n) is 10.4. The van der Waals surface area contributed by atoms with Crippen LogP contribution in [0.15, 0.2) is 4.52 Å². The Labute approximate surface area is 101 Å². The molecule has 17 heavy (non-hydrogen) atoms. The summed E-state index contributed by atoms with van der Waals surface area (Å²) in [4.78, 5) is 15.5. The molecule has 0 aliphatic rings. The van der Waals surface area contributed by atoms with Crippen LogP contribution < -0.4 is 11.1 Å². The number of aromatic nitrogens is 2. The topological polar surface area (TPSA) is 94.0 Å². The van der Waals surface area contributed by atoms with Crippen molar-refractivity contribution in [3.63, 3.8) is 0 Å². The van der Waals surface area contributed by atoms with E-state index in [4.69, 9.17) is 10.3 Å². The highest BCUT2D eigenvalue weighted by Crippen LogP contribution is 1.98. The van der Waals surface area contributed by atoms with Gasteiger partial charge in [-0.3, -0.25) is 4.79 Å². The molecule has 6 heteroatoms. The Balaban J connectivity index is 2.08. The first-order valence-corrected chi connectivity index (χ1v) is 5.89. The first kappa shape index (κ1) is 13.6. The van der Waals surface area contributed by atoms with E-state index < -0.39 is 0 Å². The van der Waals surface area contributed by atoms with Gasteiger partial charge in [-0.05, 0) is 19.8 Å². The number of amides is 1. The van der Waals surface area contributed by atoms with Gasteiger partial charge in [-0.15, -0.1) is 0 Å². The third kappa shape index (κ3) is 6.01. The highest BCUT2D eigenvalue weighted by molar-refractivity contribution is 5.75. The maximum absolute atomic E-state index is 11.4. The van der Waals surface area contributed by atoms with Gasteiger partial charge in [0.1, 0.15) is 0 Å². The van der Waals surface area contributed by atoms with Crippen LogP contribution in [0.1, 0.15) is 37.9 Å². The molecule has 1 aromatic heterocycles. The summed E-state index contributed by atoms with van der Waals surface area (Å²) in [6.07, 6.45) is 2.81. The van der Waals surface area contributed by atoms with Crippen molar-refractivity contribution >= 4 is 5.91 Å². The summed E-state index contributed by atoms with van der Waals surface area (Å²) in [5, 5.41) is 6.56. The van der Waals surface area contributed by atoms with Crippen molar-refractivity contribution < 1.29 is 9.32 Å². The predicted octanol–water partition coefficient (Wildman–Crippen LogP) is 0.554. The van der Waals surface area contributed by atoms with E-state index in [1.54, 1.807) is 6.92 Å². The molecule has 0 bridgehead atoms. The minimum atomic E-state index is 0.0471. The Hall–Kier alpha value is -1.43. The molecule has 1 rings (SSSR count). The molecule has 0 radical (unpaired) electrons. The highest BCUT2D eigenvalue weighted by atomic mass is 16.5. The Bertz CT molecular complexity index is 349. The highest BCUT2D eigenvalue weighted by Gasteiger charge is 2.04. The molecule has 1 amide bonds. The van der Waals surface area contributed by atoms with Gasteiger partial charge in [-0.2, -0.15) is 4.98 Å². The van der Waals surface area contributed by atoms with Gasteiger partial charge >= 0.3 is 0 Å². The van der Waals surface area contributed by atoms with Crippen molar-refractivity contribution in [1.82, 2.24) is 15.5 Å². The van der Waals surface area contributed by atoms with Gasteiger partial charge in [0.2, 0.25) is 11.8 Å². The number of nitrogens with one attached hydrogen (secondary N) is 1. The number of carbonyl (C=O) groups is 1. The number of aryl methyl sites for hydroxylation is 1. The summed E-state index contributed by atoms with van der Waals surface area (Å²) in [5.74, 6) is 1.22. The summed E-state index contributed by atoms with van der Waals surface area (Å²) < 4.78 is 4.83. The van der Waals surface area contributed by atoms with Gasteiger partial charge in [0.15, 0.2) is 5.82 Å². The van der Waals surface area contributed by atoms with E-state index in [0.29, 0.717) is 31.1 Å². The monoisotopic (exact) mass is 240 g/mol. The second-order valence-electron chi connectivity index (χ2n) is 4.20. The minimum absolute atomic E-state index is 0.0471. The van der Waals surface area contributed by atoms with E-state index in [9.17, 15) is 4.79 Å². The van der Waals surface area contributed by atoms with Crippen molar-refractivity contribution in [1.29, 1.82) is 0 Å². The molecule has 0 spiro atoms. The lowest BCUT2D eigenvalue weighted by Gasteiger charge is -2.05. The Morgan fingerprint density at radius 3 is 2.94 bits per heavy atom. The minimum Gasteiger partial charge on any atom is -0.356 e. The van der Waals surface area contributed by atoms with Crippen LogP contribution in [0.2, 0.25) is 0 Å². The van der Waals surface area contributed by atoms with Gasteiger partial charge in [-0.25, -0.2) is 0 Å². The van der Waals surface area contributed by atoms with E-state index in [-0.39, 0.29) is 11.9 Å². The molecule has 1 atom stereocenters. The summed E-state index contributed by atoms with van der Waals surface area (Å²) in [5.41, 5.74) is 5.60. The zero-order valence-corrected chi connectivity index (χ0v) is 10.4. The van der Waals surface area contributed by atoms with Crippen LogP contribution in [-0.4, -0.2) is 28.6 Å². The van der Waals surface area contributed by atoms with Gasteiger partial charge in [-0.1, -0.05) is 5.16 Å². The maximum atomic E-state index is 11.4. The number of hydrogen-bond donors (Lipinski definition) is 2. The number of nitrogens with zero attached hydrogens (tertiary/aromatic N) is 2. The zero-order chi connectivity index (χ0) is 12.7. The third-order valence-electron chi connectivity index (χ3n) is 2.30. The van der Waals surface area contributed by atoms with Crippen LogP contribution in [0.25, 0.3) is 0 Å². The number of nitrogens with two attached hydrogens (primary N) is 1. The summed E-state index contributed by atoms with van der Waals surface area (Å²) in [6.45, 7) is 4.22. The Morgan fingerprint density at radius 2 is 2.35 bits per heavy atom. The molecule has 0 fully saturated rings. The standard InChI is InChI=1S/C11H20N4O2/c1-8(12)4-3-5-11(16)13-7-6-10-14-9(2)17-15-10/h8H,3-7,12H2,1-2H3,(H,13,16). The molecule has 1 unspecified atom stereocenters. The molecular weight excluding hydrogens is 220 g/mol. The average Bonchev–Trinajstić information content (AvgIpc) is 2.63. The van der Waals surface area contributed by atoms with Gasteiger partial charge in [0, 0.05) is 32.4 Å². The van der Waals surface area contributed by atoms with Gasteiger partial charge in [0.25, 0.3) is 0 Å². The predicted molar refractivity (Wildman–Crippen MR) is 63.2 cm³/mol. The molecule has 0 aliphatic heterocycles. The smallest absolute Gasteiger partial charge is 0.223 e. The fourth-order valence-electron chi connectivity index (χ4n) is 1.43. The molecule has 96 valence electrons. The van der Waals surface area contributed by atoms with Gasteiger partial charge < -0.3 is 15.6 Å². The molecule has 0 aliphatic carbocycles. The third-order valence-corrected chi connectivity index (χ3v) is 2.30. The van der Waals surface area contributed by atoms with Crippen molar-refractivity contribution in [2.24, 2.45) is 5.73 Å². The average molecular weight is 240 g/mol. The summed E-state index contributed by atoms with van der Waals surface area (Å²) in [6, 6.07) is 0.158. The van der Waals surface area contributed by atoms with Crippen molar-refractivity contribution in [3.05, 3.63) is 11.7 Å². The number of carbonyl (C=O) groups excluding carboxylic acids is 1. The molecule has 3 N–H and O–H groups in total. The van der Waals surface area contributed by atoms with Crippen molar-refractivity contribution in [2.75, 3.05) is 6.54 Å². The maximum Gasteiger partial charge on any atom is 0.223 e. The normalized spacial score (nSPS) is 12.4. The van der Waals surface area contributed by atoms with E-state index in [0.717, 1.165) is 12.8 Å².